The average molecular weight is 285 g/mol. The van der Waals surface area contributed by atoms with Gasteiger partial charge in [-0.05, 0) is 37.8 Å². The van der Waals surface area contributed by atoms with Gasteiger partial charge in [0.2, 0.25) is 0 Å². The molecule has 0 spiro atoms. The van der Waals surface area contributed by atoms with Gasteiger partial charge in [0.05, 0.1) is 12.2 Å². The molecule has 1 atom stereocenters. The van der Waals surface area contributed by atoms with E-state index in [9.17, 15) is 4.79 Å². The van der Waals surface area contributed by atoms with Crippen LogP contribution in [0.2, 0.25) is 0 Å². The quantitative estimate of drug-likeness (QED) is 0.839. The minimum absolute atomic E-state index is 0. The van der Waals surface area contributed by atoms with E-state index in [1.807, 2.05) is 25.1 Å². The molecule has 5 heteroatoms. The van der Waals surface area contributed by atoms with Crippen LogP contribution in [0.25, 0.3) is 0 Å². The molecule has 1 aromatic rings. The van der Waals surface area contributed by atoms with Crippen molar-refractivity contribution in [3.05, 3.63) is 29.8 Å². The zero-order valence-corrected chi connectivity index (χ0v) is 11.9. The lowest BCUT2D eigenvalue weighted by Gasteiger charge is -2.14. The number of carbonyl (C=O) groups excluding carboxylic acids is 1. The van der Waals surface area contributed by atoms with E-state index < -0.39 is 0 Å². The molecule has 1 fully saturated rings. The second-order valence-corrected chi connectivity index (χ2v) is 4.86. The van der Waals surface area contributed by atoms with E-state index in [4.69, 9.17) is 10.5 Å². The predicted octanol–water partition coefficient (Wildman–Crippen LogP) is 1.97. The van der Waals surface area contributed by atoms with Gasteiger partial charge < -0.3 is 15.8 Å². The Labute approximate surface area is 120 Å². The van der Waals surface area contributed by atoms with Crippen LogP contribution in [0.5, 0.6) is 5.75 Å². The van der Waals surface area contributed by atoms with Crippen LogP contribution in [-0.4, -0.2) is 25.1 Å². The molecule has 1 saturated carbocycles. The first-order valence-corrected chi connectivity index (χ1v) is 6.43. The van der Waals surface area contributed by atoms with Crippen molar-refractivity contribution in [2.24, 2.45) is 11.7 Å². The molecule has 4 nitrogen and oxygen atoms in total. The zero-order valence-electron chi connectivity index (χ0n) is 11.1. The van der Waals surface area contributed by atoms with E-state index in [0.29, 0.717) is 30.4 Å². The zero-order chi connectivity index (χ0) is 13.0. The number of ether oxygens (including phenoxy) is 1. The van der Waals surface area contributed by atoms with Gasteiger partial charge in [-0.3, -0.25) is 4.79 Å². The van der Waals surface area contributed by atoms with Gasteiger partial charge in [0.1, 0.15) is 5.75 Å². The van der Waals surface area contributed by atoms with E-state index in [1.165, 1.54) is 12.8 Å². The number of rotatable bonds is 6. The van der Waals surface area contributed by atoms with Crippen molar-refractivity contribution in [1.29, 1.82) is 0 Å². The average Bonchev–Trinajstić information content (AvgIpc) is 3.20. The van der Waals surface area contributed by atoms with Crippen LogP contribution in [0, 0.1) is 5.92 Å². The number of benzene rings is 1. The predicted molar refractivity (Wildman–Crippen MR) is 77.9 cm³/mol. The Bertz CT molecular complexity index is 422. The second-order valence-electron chi connectivity index (χ2n) is 4.86. The molecule has 1 aliphatic rings. The number of nitrogens with one attached hydrogen (secondary N) is 1. The van der Waals surface area contributed by atoms with Crippen molar-refractivity contribution in [2.75, 3.05) is 13.2 Å². The monoisotopic (exact) mass is 284 g/mol. The van der Waals surface area contributed by atoms with Gasteiger partial charge in [0, 0.05) is 12.6 Å². The van der Waals surface area contributed by atoms with E-state index in [-0.39, 0.29) is 24.4 Å². The molecule has 3 N–H and O–H groups in total. The molecule has 1 amide bonds. The summed E-state index contributed by atoms with van der Waals surface area (Å²) in [7, 11) is 0. The number of carbonyl (C=O) groups is 1. The third kappa shape index (κ3) is 4.73. The molecule has 19 heavy (non-hydrogen) atoms. The fourth-order valence-corrected chi connectivity index (χ4v) is 1.63. The fraction of sp³-hybridized carbons (Fsp3) is 0.500. The van der Waals surface area contributed by atoms with Crippen molar-refractivity contribution < 1.29 is 9.53 Å². The van der Waals surface area contributed by atoms with Gasteiger partial charge in [0.25, 0.3) is 5.91 Å². The maximum Gasteiger partial charge on any atom is 0.255 e. The summed E-state index contributed by atoms with van der Waals surface area (Å²) in [6, 6.07) is 7.30. The van der Waals surface area contributed by atoms with Crippen molar-refractivity contribution in [3.63, 3.8) is 0 Å². The highest BCUT2D eigenvalue weighted by molar-refractivity contribution is 5.97. The number of para-hydroxylation sites is 1. The van der Waals surface area contributed by atoms with E-state index in [2.05, 4.69) is 5.32 Å². The number of hydrogen-bond donors (Lipinski definition) is 2. The van der Waals surface area contributed by atoms with Crippen molar-refractivity contribution >= 4 is 18.3 Å². The normalized spacial score (nSPS) is 15.3. The highest BCUT2D eigenvalue weighted by Gasteiger charge is 2.23. The molecule has 0 unspecified atom stereocenters. The van der Waals surface area contributed by atoms with E-state index in [0.717, 1.165) is 0 Å². The van der Waals surface area contributed by atoms with Gasteiger partial charge in [-0.15, -0.1) is 12.4 Å². The van der Waals surface area contributed by atoms with Crippen molar-refractivity contribution in [1.82, 2.24) is 5.32 Å². The summed E-state index contributed by atoms with van der Waals surface area (Å²) in [5.41, 5.74) is 6.08. The number of hydrogen-bond acceptors (Lipinski definition) is 3. The summed E-state index contributed by atoms with van der Waals surface area (Å²) in [6.07, 6.45) is 2.47. The Morgan fingerprint density at radius 3 is 2.79 bits per heavy atom. The van der Waals surface area contributed by atoms with Crippen LogP contribution < -0.4 is 15.8 Å². The van der Waals surface area contributed by atoms with E-state index in [1.54, 1.807) is 6.07 Å². The van der Waals surface area contributed by atoms with Crippen LogP contribution in [0.15, 0.2) is 24.3 Å². The first kappa shape index (κ1) is 15.8. The summed E-state index contributed by atoms with van der Waals surface area (Å²) in [5.74, 6) is 1.20. The molecule has 0 radical (unpaired) electrons. The number of amides is 1. The van der Waals surface area contributed by atoms with Crippen molar-refractivity contribution in [3.8, 4) is 5.75 Å². The number of nitrogens with two attached hydrogens (primary N) is 1. The molecule has 0 bridgehead atoms. The Morgan fingerprint density at radius 2 is 2.16 bits per heavy atom. The summed E-state index contributed by atoms with van der Waals surface area (Å²) >= 11 is 0. The van der Waals surface area contributed by atoms with Gasteiger partial charge in [0.15, 0.2) is 0 Å². The van der Waals surface area contributed by atoms with Crippen LogP contribution in [0.4, 0.5) is 0 Å². The maximum absolute atomic E-state index is 12.0. The lowest BCUT2D eigenvalue weighted by molar-refractivity contribution is 0.0937. The first-order valence-electron chi connectivity index (χ1n) is 6.43. The highest BCUT2D eigenvalue weighted by Crippen LogP contribution is 2.30. The first-order chi connectivity index (χ1) is 8.70. The van der Waals surface area contributed by atoms with Crippen LogP contribution in [-0.2, 0) is 0 Å². The Morgan fingerprint density at radius 1 is 1.47 bits per heavy atom. The van der Waals surface area contributed by atoms with Crippen LogP contribution in [0.3, 0.4) is 0 Å². The maximum atomic E-state index is 12.0. The molecule has 0 aliphatic heterocycles. The standard InChI is InChI=1S/C14H20N2O2.ClH/c1-10(8-15)16-14(17)12-4-2-3-5-13(12)18-9-11-6-7-11;/h2-5,10-11H,6-9,15H2,1H3,(H,16,17);1H/t10-;/m0./s1. The van der Waals surface area contributed by atoms with Gasteiger partial charge in [-0.1, -0.05) is 12.1 Å². The Hall–Kier alpha value is -1.26. The summed E-state index contributed by atoms with van der Waals surface area (Å²) in [5, 5.41) is 2.85. The van der Waals surface area contributed by atoms with Gasteiger partial charge >= 0.3 is 0 Å². The topological polar surface area (TPSA) is 64.3 Å². The molecular formula is C14H21ClN2O2. The Kier molecular flexibility index (Phi) is 6.12. The summed E-state index contributed by atoms with van der Waals surface area (Å²) in [4.78, 5) is 12.0. The minimum atomic E-state index is -0.126. The molecule has 106 valence electrons. The minimum Gasteiger partial charge on any atom is -0.492 e. The van der Waals surface area contributed by atoms with Crippen LogP contribution in [0.1, 0.15) is 30.1 Å². The molecule has 0 heterocycles. The van der Waals surface area contributed by atoms with Gasteiger partial charge in [-0.25, -0.2) is 0 Å². The lowest BCUT2D eigenvalue weighted by atomic mass is 10.1. The molecule has 2 rings (SSSR count). The molecule has 0 aromatic heterocycles. The Balaban J connectivity index is 0.00000180. The van der Waals surface area contributed by atoms with Crippen LogP contribution >= 0.6 is 12.4 Å². The molecular weight excluding hydrogens is 264 g/mol. The largest absolute Gasteiger partial charge is 0.492 e. The summed E-state index contributed by atoms with van der Waals surface area (Å²) in [6.45, 7) is 3.01. The summed E-state index contributed by atoms with van der Waals surface area (Å²) < 4.78 is 5.71. The molecule has 1 aliphatic carbocycles. The van der Waals surface area contributed by atoms with E-state index >= 15 is 0 Å². The highest BCUT2D eigenvalue weighted by atomic mass is 35.5. The number of halogens is 1. The lowest BCUT2D eigenvalue weighted by Crippen LogP contribution is -2.37. The van der Waals surface area contributed by atoms with Crippen molar-refractivity contribution in [2.45, 2.75) is 25.8 Å². The van der Waals surface area contributed by atoms with Gasteiger partial charge in [-0.2, -0.15) is 0 Å². The fourth-order valence-electron chi connectivity index (χ4n) is 1.63. The third-order valence-corrected chi connectivity index (χ3v) is 3.03. The third-order valence-electron chi connectivity index (χ3n) is 3.03. The SMILES string of the molecule is C[C@@H](CN)NC(=O)c1ccccc1OCC1CC1.Cl. The molecule has 0 saturated heterocycles. The second kappa shape index (κ2) is 7.36. The molecule has 1 aromatic carbocycles. The smallest absolute Gasteiger partial charge is 0.255 e.